The summed E-state index contributed by atoms with van der Waals surface area (Å²) in [7, 11) is 1.46. The highest BCUT2D eigenvalue weighted by atomic mass is 79.9. The number of nitrogens with zero attached hydrogens (tertiary/aromatic N) is 3. The zero-order valence-electron chi connectivity index (χ0n) is 10.9. The lowest BCUT2D eigenvalue weighted by molar-refractivity contribution is 0.0996. The van der Waals surface area contributed by atoms with Gasteiger partial charge >= 0.3 is 0 Å². The second-order valence-corrected chi connectivity index (χ2v) is 4.68. The first-order valence-electron chi connectivity index (χ1n) is 5.66. The highest BCUT2D eigenvalue weighted by molar-refractivity contribution is 9.10. The molecule has 21 heavy (non-hydrogen) atoms. The van der Waals surface area contributed by atoms with Gasteiger partial charge in [0.05, 0.1) is 11.6 Å². The molecule has 1 aromatic carbocycles. The highest BCUT2D eigenvalue weighted by Crippen LogP contribution is 2.39. The van der Waals surface area contributed by atoms with E-state index in [-0.39, 0.29) is 12.3 Å². The summed E-state index contributed by atoms with van der Waals surface area (Å²) < 4.78 is 11.1. The summed E-state index contributed by atoms with van der Waals surface area (Å²) in [5.74, 6) is 0.0682. The summed E-state index contributed by atoms with van der Waals surface area (Å²) in [6.45, 7) is -0.120. The molecular formula is C12H10BrN5O3. The number of primary amides is 1. The van der Waals surface area contributed by atoms with Crippen LogP contribution < -0.4 is 15.2 Å². The Labute approximate surface area is 128 Å². The van der Waals surface area contributed by atoms with Crippen molar-refractivity contribution in [1.82, 2.24) is 15.4 Å². The number of carbonyl (C=O) groups excluding carboxylic acids is 1. The van der Waals surface area contributed by atoms with Crippen LogP contribution in [0.5, 0.6) is 11.5 Å². The molecule has 0 radical (unpaired) electrons. The van der Waals surface area contributed by atoms with Gasteiger partial charge in [-0.3, -0.25) is 4.79 Å². The van der Waals surface area contributed by atoms with Crippen LogP contribution in [0.15, 0.2) is 16.6 Å². The molecule has 2 aromatic rings. The number of nitrogens with two attached hydrogens (primary N) is 1. The quantitative estimate of drug-likeness (QED) is 0.834. The molecule has 1 aromatic heterocycles. The number of ether oxygens (including phenoxy) is 2. The molecule has 2 rings (SSSR count). The van der Waals surface area contributed by atoms with Gasteiger partial charge in [-0.1, -0.05) is 0 Å². The maximum atomic E-state index is 11.3. The first-order chi connectivity index (χ1) is 10.1. The van der Waals surface area contributed by atoms with Crippen molar-refractivity contribution in [2.24, 2.45) is 5.73 Å². The predicted molar refractivity (Wildman–Crippen MR) is 75.7 cm³/mol. The van der Waals surface area contributed by atoms with E-state index < -0.39 is 5.91 Å². The molecule has 9 heteroatoms. The minimum atomic E-state index is -0.696. The molecule has 0 fully saturated rings. The van der Waals surface area contributed by atoms with Crippen molar-refractivity contribution >= 4 is 21.8 Å². The maximum Gasteiger partial charge on any atom is 0.271 e. The Morgan fingerprint density at radius 3 is 2.90 bits per heavy atom. The lowest BCUT2D eigenvalue weighted by atomic mass is 10.1. The fraction of sp³-hybridized carbons (Fsp3) is 0.167. The van der Waals surface area contributed by atoms with Crippen molar-refractivity contribution in [2.45, 2.75) is 0 Å². The summed E-state index contributed by atoms with van der Waals surface area (Å²) in [4.78, 5) is 11.3. The van der Waals surface area contributed by atoms with Gasteiger partial charge < -0.3 is 15.2 Å². The van der Waals surface area contributed by atoms with Crippen molar-refractivity contribution < 1.29 is 14.3 Å². The Morgan fingerprint density at radius 2 is 2.29 bits per heavy atom. The standard InChI is InChI=1S/C12H10BrN5O3/c1-20-8-5-6(4-7(13)11(8)21-3-2-14)9-10(12(15)19)17-18-16-9/h4-5H,3H2,1H3,(H2,15,19)(H,16,17,18). The van der Waals surface area contributed by atoms with Gasteiger partial charge in [-0.2, -0.15) is 20.7 Å². The molecule has 3 N–H and O–H groups in total. The summed E-state index contributed by atoms with van der Waals surface area (Å²) in [5.41, 5.74) is 6.12. The van der Waals surface area contributed by atoms with Crippen molar-refractivity contribution in [3.05, 3.63) is 22.3 Å². The van der Waals surface area contributed by atoms with Crippen LogP contribution >= 0.6 is 15.9 Å². The van der Waals surface area contributed by atoms with E-state index in [1.807, 2.05) is 6.07 Å². The lowest BCUT2D eigenvalue weighted by Gasteiger charge is -2.12. The number of benzene rings is 1. The van der Waals surface area contributed by atoms with E-state index in [9.17, 15) is 4.79 Å². The normalized spacial score (nSPS) is 9.95. The van der Waals surface area contributed by atoms with Crippen molar-refractivity contribution in [3.8, 4) is 28.8 Å². The topological polar surface area (TPSA) is 127 Å². The third-order valence-electron chi connectivity index (χ3n) is 2.57. The Morgan fingerprint density at radius 1 is 1.52 bits per heavy atom. The molecule has 0 aliphatic rings. The molecule has 0 saturated carbocycles. The third kappa shape index (κ3) is 2.95. The number of halogens is 1. The number of nitrogens with one attached hydrogen (secondary N) is 1. The van der Waals surface area contributed by atoms with E-state index in [1.165, 1.54) is 7.11 Å². The van der Waals surface area contributed by atoms with Crippen molar-refractivity contribution in [2.75, 3.05) is 13.7 Å². The fourth-order valence-corrected chi connectivity index (χ4v) is 2.26. The molecule has 0 saturated heterocycles. The van der Waals surface area contributed by atoms with Gasteiger partial charge in [-0.15, -0.1) is 0 Å². The molecule has 8 nitrogen and oxygen atoms in total. The molecule has 0 unspecified atom stereocenters. The van der Waals surface area contributed by atoms with Gasteiger partial charge in [0.25, 0.3) is 5.91 Å². The summed E-state index contributed by atoms with van der Waals surface area (Å²) >= 11 is 3.33. The van der Waals surface area contributed by atoms with Crippen molar-refractivity contribution in [3.63, 3.8) is 0 Å². The molecular weight excluding hydrogens is 342 g/mol. The smallest absolute Gasteiger partial charge is 0.271 e. The Hall–Kier alpha value is -2.60. The fourth-order valence-electron chi connectivity index (χ4n) is 1.71. The van der Waals surface area contributed by atoms with Gasteiger partial charge in [-0.05, 0) is 28.1 Å². The number of hydrogen-bond acceptors (Lipinski definition) is 6. The molecule has 0 spiro atoms. The van der Waals surface area contributed by atoms with E-state index in [4.69, 9.17) is 20.5 Å². The predicted octanol–water partition coefficient (Wildman–Crippen LogP) is 1.24. The number of nitriles is 1. The second kappa shape index (κ2) is 6.23. The molecule has 0 atom stereocenters. The largest absolute Gasteiger partial charge is 0.493 e. The van der Waals surface area contributed by atoms with E-state index in [0.717, 1.165) is 0 Å². The van der Waals surface area contributed by atoms with E-state index >= 15 is 0 Å². The van der Waals surface area contributed by atoms with E-state index in [2.05, 4.69) is 31.3 Å². The third-order valence-corrected chi connectivity index (χ3v) is 3.15. The van der Waals surface area contributed by atoms with Crippen LogP contribution in [0.25, 0.3) is 11.3 Å². The van der Waals surface area contributed by atoms with Gasteiger partial charge in [0.2, 0.25) is 0 Å². The Bertz CT molecular complexity index is 722. The highest BCUT2D eigenvalue weighted by Gasteiger charge is 2.19. The number of methoxy groups -OCH3 is 1. The van der Waals surface area contributed by atoms with Gasteiger partial charge in [-0.25, -0.2) is 0 Å². The Kier molecular flexibility index (Phi) is 4.39. The summed E-state index contributed by atoms with van der Waals surface area (Å²) in [6.07, 6.45) is 0. The molecule has 0 bridgehead atoms. The van der Waals surface area contributed by atoms with E-state index in [1.54, 1.807) is 12.1 Å². The number of amides is 1. The number of H-pyrrole nitrogens is 1. The van der Waals surface area contributed by atoms with Gasteiger partial charge in [0.1, 0.15) is 11.8 Å². The molecule has 1 heterocycles. The Balaban J connectivity index is 2.52. The van der Waals surface area contributed by atoms with Gasteiger partial charge in [0, 0.05) is 5.56 Å². The lowest BCUT2D eigenvalue weighted by Crippen LogP contribution is -2.12. The molecule has 1 amide bonds. The van der Waals surface area contributed by atoms with Crippen LogP contribution in [0.3, 0.4) is 0 Å². The van der Waals surface area contributed by atoms with Crippen LogP contribution in [-0.4, -0.2) is 35.0 Å². The van der Waals surface area contributed by atoms with Crippen LogP contribution in [0.2, 0.25) is 0 Å². The van der Waals surface area contributed by atoms with E-state index in [0.29, 0.717) is 27.2 Å². The number of carbonyl (C=O) groups is 1. The number of aromatic nitrogens is 3. The number of rotatable bonds is 5. The monoisotopic (exact) mass is 351 g/mol. The molecule has 0 aliphatic carbocycles. The molecule has 108 valence electrons. The number of hydrogen-bond donors (Lipinski definition) is 2. The van der Waals surface area contributed by atoms with Gasteiger partial charge in [0.15, 0.2) is 23.8 Å². The summed E-state index contributed by atoms with van der Waals surface area (Å²) in [5, 5.41) is 18.5. The zero-order chi connectivity index (χ0) is 15.4. The summed E-state index contributed by atoms with van der Waals surface area (Å²) in [6, 6.07) is 5.15. The van der Waals surface area contributed by atoms with Crippen LogP contribution in [0, 0.1) is 11.3 Å². The first-order valence-corrected chi connectivity index (χ1v) is 6.46. The molecule has 0 aliphatic heterocycles. The van der Waals surface area contributed by atoms with Crippen LogP contribution in [0.4, 0.5) is 0 Å². The minimum Gasteiger partial charge on any atom is -0.493 e. The average Bonchev–Trinajstić information content (AvgIpc) is 2.94. The minimum absolute atomic E-state index is 0.0228. The van der Waals surface area contributed by atoms with Crippen LogP contribution in [0.1, 0.15) is 10.5 Å². The van der Waals surface area contributed by atoms with Crippen LogP contribution in [-0.2, 0) is 0 Å². The first kappa shape index (κ1) is 14.8. The second-order valence-electron chi connectivity index (χ2n) is 3.82. The maximum absolute atomic E-state index is 11.3. The SMILES string of the molecule is COc1cc(-c2n[nH]nc2C(N)=O)cc(Br)c1OCC#N. The zero-order valence-corrected chi connectivity index (χ0v) is 12.5. The average molecular weight is 352 g/mol. The van der Waals surface area contributed by atoms with Crippen molar-refractivity contribution in [1.29, 1.82) is 5.26 Å². The number of aromatic amines is 1.